The van der Waals surface area contributed by atoms with Crippen molar-refractivity contribution in [3.8, 4) is 0 Å². The lowest BCUT2D eigenvalue weighted by atomic mass is 10.1. The summed E-state index contributed by atoms with van der Waals surface area (Å²) >= 11 is 5.82. The van der Waals surface area contributed by atoms with Gasteiger partial charge in [0.25, 0.3) is 5.91 Å². The minimum atomic E-state index is -0.415. The van der Waals surface area contributed by atoms with Crippen LogP contribution >= 0.6 is 11.6 Å². The second kappa shape index (κ2) is 5.03. The van der Waals surface area contributed by atoms with Crippen molar-refractivity contribution in [1.82, 2.24) is 0 Å². The molecule has 2 atom stereocenters. The number of rotatable bonds is 3. The highest BCUT2D eigenvalue weighted by Gasteiger charge is 2.46. The molecule has 1 amide bonds. The first-order valence-corrected chi connectivity index (χ1v) is 6.39. The second-order valence-corrected chi connectivity index (χ2v) is 4.82. The topological polar surface area (TPSA) is 41.6 Å². The van der Waals surface area contributed by atoms with E-state index in [1.165, 1.54) is 0 Å². The second-order valence-electron chi connectivity index (χ2n) is 4.38. The van der Waals surface area contributed by atoms with Crippen LogP contribution in [0.1, 0.15) is 11.7 Å². The SMILES string of the molecule is O=C(Nc1ccccc1)C1OC1c1ccc(Cl)cc1. The van der Waals surface area contributed by atoms with E-state index < -0.39 is 6.10 Å². The Morgan fingerprint density at radius 3 is 2.42 bits per heavy atom. The van der Waals surface area contributed by atoms with Crippen LogP contribution in [-0.2, 0) is 9.53 Å². The molecular formula is C15H12ClNO2. The van der Waals surface area contributed by atoms with Crippen LogP contribution in [0.25, 0.3) is 0 Å². The van der Waals surface area contributed by atoms with Gasteiger partial charge in [0.05, 0.1) is 0 Å². The molecule has 1 aliphatic heterocycles. The Morgan fingerprint density at radius 1 is 1.05 bits per heavy atom. The maximum Gasteiger partial charge on any atom is 0.256 e. The summed E-state index contributed by atoms with van der Waals surface area (Å²) in [6.07, 6.45) is -0.581. The minimum absolute atomic E-state index is 0.119. The van der Waals surface area contributed by atoms with E-state index in [0.717, 1.165) is 11.3 Å². The molecule has 3 nitrogen and oxygen atoms in total. The van der Waals surface area contributed by atoms with Gasteiger partial charge in [0, 0.05) is 10.7 Å². The largest absolute Gasteiger partial charge is 0.354 e. The van der Waals surface area contributed by atoms with Gasteiger partial charge in [-0.3, -0.25) is 4.79 Å². The molecule has 1 aliphatic rings. The summed E-state index contributed by atoms with van der Waals surface area (Å²) in [5.74, 6) is -0.119. The zero-order valence-electron chi connectivity index (χ0n) is 10.0. The summed E-state index contributed by atoms with van der Waals surface area (Å²) in [6, 6.07) is 16.7. The predicted octanol–water partition coefficient (Wildman–Crippen LogP) is 3.42. The van der Waals surface area contributed by atoms with E-state index in [1.54, 1.807) is 12.1 Å². The maximum atomic E-state index is 12.0. The first-order chi connectivity index (χ1) is 9.24. The van der Waals surface area contributed by atoms with Gasteiger partial charge in [0.15, 0.2) is 6.10 Å². The molecule has 4 heteroatoms. The number of para-hydroxylation sites is 1. The number of anilines is 1. The molecule has 0 bridgehead atoms. The summed E-state index contributed by atoms with van der Waals surface area (Å²) in [4.78, 5) is 12.0. The maximum absolute atomic E-state index is 12.0. The number of carbonyl (C=O) groups is 1. The summed E-state index contributed by atoms with van der Waals surface area (Å²) in [5.41, 5.74) is 1.75. The molecule has 3 rings (SSSR count). The lowest BCUT2D eigenvalue weighted by molar-refractivity contribution is -0.117. The van der Waals surface area contributed by atoms with Crippen LogP contribution in [0.2, 0.25) is 5.02 Å². The smallest absolute Gasteiger partial charge is 0.256 e. The molecule has 0 aromatic heterocycles. The average Bonchev–Trinajstić information content (AvgIpc) is 3.21. The van der Waals surface area contributed by atoms with Crippen molar-refractivity contribution in [3.05, 3.63) is 65.2 Å². The normalized spacial score (nSPS) is 20.9. The van der Waals surface area contributed by atoms with Crippen molar-refractivity contribution in [3.63, 3.8) is 0 Å². The van der Waals surface area contributed by atoms with Crippen LogP contribution in [0.3, 0.4) is 0 Å². The summed E-state index contributed by atoms with van der Waals surface area (Å²) in [5, 5.41) is 3.50. The zero-order chi connectivity index (χ0) is 13.2. The molecule has 0 spiro atoms. The van der Waals surface area contributed by atoms with Crippen molar-refractivity contribution < 1.29 is 9.53 Å². The van der Waals surface area contributed by atoms with Gasteiger partial charge in [-0.2, -0.15) is 0 Å². The molecule has 1 heterocycles. The van der Waals surface area contributed by atoms with Crippen LogP contribution in [0.4, 0.5) is 5.69 Å². The van der Waals surface area contributed by atoms with Gasteiger partial charge in [-0.1, -0.05) is 41.9 Å². The van der Waals surface area contributed by atoms with E-state index in [-0.39, 0.29) is 12.0 Å². The first kappa shape index (κ1) is 12.2. The highest BCUT2D eigenvalue weighted by Crippen LogP contribution is 2.39. The van der Waals surface area contributed by atoms with Crippen molar-refractivity contribution in [2.75, 3.05) is 5.32 Å². The quantitative estimate of drug-likeness (QED) is 0.871. The molecule has 19 heavy (non-hydrogen) atoms. The monoisotopic (exact) mass is 273 g/mol. The molecule has 96 valence electrons. The third kappa shape index (κ3) is 2.78. The number of benzene rings is 2. The fourth-order valence-electron chi connectivity index (χ4n) is 1.95. The summed E-state index contributed by atoms with van der Waals surface area (Å²) in [6.45, 7) is 0. The number of epoxide rings is 1. The van der Waals surface area contributed by atoms with Gasteiger partial charge >= 0.3 is 0 Å². The third-order valence-electron chi connectivity index (χ3n) is 2.99. The zero-order valence-corrected chi connectivity index (χ0v) is 10.8. The molecule has 2 unspecified atom stereocenters. The highest BCUT2D eigenvalue weighted by molar-refractivity contribution is 6.30. The Kier molecular flexibility index (Phi) is 3.23. The van der Waals surface area contributed by atoms with Gasteiger partial charge < -0.3 is 10.1 Å². The molecule has 0 aliphatic carbocycles. The molecule has 2 aromatic carbocycles. The summed E-state index contributed by atoms with van der Waals surface area (Å²) in [7, 11) is 0. The van der Waals surface area contributed by atoms with Crippen LogP contribution in [0.15, 0.2) is 54.6 Å². The van der Waals surface area contributed by atoms with E-state index in [1.807, 2.05) is 42.5 Å². The minimum Gasteiger partial charge on any atom is -0.354 e. The van der Waals surface area contributed by atoms with E-state index in [0.29, 0.717) is 5.02 Å². The van der Waals surface area contributed by atoms with Gasteiger partial charge in [-0.25, -0.2) is 0 Å². The molecule has 2 aromatic rings. The van der Waals surface area contributed by atoms with Crippen LogP contribution in [0.5, 0.6) is 0 Å². The van der Waals surface area contributed by atoms with Crippen molar-refractivity contribution >= 4 is 23.2 Å². The molecule has 1 saturated heterocycles. The van der Waals surface area contributed by atoms with Gasteiger partial charge in [-0.05, 0) is 29.8 Å². The molecule has 0 saturated carbocycles. The van der Waals surface area contributed by atoms with E-state index >= 15 is 0 Å². The lowest BCUT2D eigenvalue weighted by Crippen LogP contribution is -2.18. The highest BCUT2D eigenvalue weighted by atomic mass is 35.5. The lowest BCUT2D eigenvalue weighted by Gasteiger charge is -2.02. The number of carbonyl (C=O) groups excluding carboxylic acids is 1. The number of halogens is 1. The first-order valence-electron chi connectivity index (χ1n) is 6.01. The third-order valence-corrected chi connectivity index (χ3v) is 3.24. The Hall–Kier alpha value is -1.84. The van der Waals surface area contributed by atoms with E-state index in [9.17, 15) is 4.79 Å². The van der Waals surface area contributed by atoms with Crippen LogP contribution in [0, 0.1) is 0 Å². The molecule has 1 fully saturated rings. The number of ether oxygens (including phenoxy) is 1. The van der Waals surface area contributed by atoms with Crippen molar-refractivity contribution in [2.45, 2.75) is 12.2 Å². The Bertz CT molecular complexity index is 583. The number of amides is 1. The van der Waals surface area contributed by atoms with Gasteiger partial charge in [-0.15, -0.1) is 0 Å². The Morgan fingerprint density at radius 2 is 1.74 bits per heavy atom. The summed E-state index contributed by atoms with van der Waals surface area (Å²) < 4.78 is 5.42. The van der Waals surface area contributed by atoms with E-state index in [2.05, 4.69) is 5.32 Å². The fraction of sp³-hybridized carbons (Fsp3) is 0.133. The standard InChI is InChI=1S/C15H12ClNO2/c16-11-8-6-10(7-9-11)13-14(19-13)15(18)17-12-4-2-1-3-5-12/h1-9,13-14H,(H,17,18). The van der Waals surface area contributed by atoms with Gasteiger partial charge in [0.1, 0.15) is 6.10 Å². The Labute approximate surface area is 116 Å². The fourth-order valence-corrected chi connectivity index (χ4v) is 2.08. The van der Waals surface area contributed by atoms with Crippen LogP contribution < -0.4 is 5.32 Å². The van der Waals surface area contributed by atoms with E-state index in [4.69, 9.17) is 16.3 Å². The van der Waals surface area contributed by atoms with Crippen molar-refractivity contribution in [2.24, 2.45) is 0 Å². The average molecular weight is 274 g/mol. The number of hydrogen-bond acceptors (Lipinski definition) is 2. The number of hydrogen-bond donors (Lipinski definition) is 1. The van der Waals surface area contributed by atoms with Gasteiger partial charge in [0.2, 0.25) is 0 Å². The van der Waals surface area contributed by atoms with Crippen molar-refractivity contribution in [1.29, 1.82) is 0 Å². The van der Waals surface area contributed by atoms with Crippen LogP contribution in [-0.4, -0.2) is 12.0 Å². The Balaban J connectivity index is 1.63. The molecule has 1 N–H and O–H groups in total. The number of nitrogens with one attached hydrogen (secondary N) is 1. The molecule has 0 radical (unpaired) electrons. The molecular weight excluding hydrogens is 262 g/mol. The predicted molar refractivity (Wildman–Crippen MR) is 74.1 cm³/mol.